The molecule has 56 valence electrons. The molecule has 0 N–H and O–H groups in total. The third-order valence-electron chi connectivity index (χ3n) is 3.60. The quantitative estimate of drug-likeness (QED) is 0.500. The number of carbonyl (C=O) groups excluding carboxylic acids is 1. The minimum atomic E-state index is 0.356. The molecule has 0 aromatic rings. The molecule has 10 heavy (non-hydrogen) atoms. The Balaban J connectivity index is 2.23. The second-order valence-electron chi connectivity index (χ2n) is 4.31. The molecule has 0 aliphatic heterocycles. The summed E-state index contributed by atoms with van der Waals surface area (Å²) < 4.78 is 0. The first-order valence-corrected chi connectivity index (χ1v) is 4.15. The van der Waals surface area contributed by atoms with Crippen molar-refractivity contribution >= 4 is 5.78 Å². The van der Waals surface area contributed by atoms with Crippen LogP contribution in [0.2, 0.25) is 0 Å². The van der Waals surface area contributed by atoms with Gasteiger partial charge in [-0.25, -0.2) is 0 Å². The van der Waals surface area contributed by atoms with Gasteiger partial charge in [0, 0.05) is 12.3 Å². The molecule has 0 radical (unpaired) electrons. The van der Waals surface area contributed by atoms with Crippen LogP contribution < -0.4 is 0 Å². The fraction of sp³-hybridized carbons (Fsp3) is 0.889. The van der Waals surface area contributed by atoms with Gasteiger partial charge in [0.05, 0.1) is 0 Å². The van der Waals surface area contributed by atoms with Crippen molar-refractivity contribution in [1.82, 2.24) is 0 Å². The van der Waals surface area contributed by atoms with E-state index in [1.807, 2.05) is 0 Å². The van der Waals surface area contributed by atoms with Gasteiger partial charge >= 0.3 is 0 Å². The van der Waals surface area contributed by atoms with E-state index in [1.54, 1.807) is 0 Å². The number of rotatable bonds is 0. The molecule has 3 rings (SSSR count). The molecule has 0 aromatic heterocycles. The highest BCUT2D eigenvalue weighted by atomic mass is 16.1. The first-order valence-electron chi connectivity index (χ1n) is 4.15. The van der Waals surface area contributed by atoms with Gasteiger partial charge in [0.15, 0.2) is 0 Å². The largest absolute Gasteiger partial charge is 0.299 e. The average molecular weight is 138 g/mol. The van der Waals surface area contributed by atoms with Crippen molar-refractivity contribution in [3.05, 3.63) is 0 Å². The molecule has 0 heterocycles. The fourth-order valence-electron chi connectivity index (χ4n) is 2.54. The lowest BCUT2D eigenvalue weighted by molar-refractivity contribution is -0.148. The minimum Gasteiger partial charge on any atom is -0.299 e. The van der Waals surface area contributed by atoms with Gasteiger partial charge < -0.3 is 0 Å². The fourth-order valence-corrected chi connectivity index (χ4v) is 2.54. The molecule has 3 aliphatic rings. The highest BCUT2D eigenvalue weighted by Crippen LogP contribution is 2.57. The van der Waals surface area contributed by atoms with Gasteiger partial charge in [-0.3, -0.25) is 4.79 Å². The predicted molar refractivity (Wildman–Crippen MR) is 39.6 cm³/mol. The SMILES string of the molecule is CC1(C)C2CCC(=O)C1C2. The Hall–Kier alpha value is -0.330. The lowest BCUT2D eigenvalue weighted by atomic mass is 9.48. The summed E-state index contributed by atoms with van der Waals surface area (Å²) in [6.07, 6.45) is 3.20. The number of carbonyl (C=O) groups is 1. The van der Waals surface area contributed by atoms with Crippen LogP contribution in [0.25, 0.3) is 0 Å². The normalized spacial score (nSPS) is 42.8. The van der Waals surface area contributed by atoms with Gasteiger partial charge in [0.2, 0.25) is 0 Å². The lowest BCUT2D eigenvalue weighted by Crippen LogP contribution is -2.52. The van der Waals surface area contributed by atoms with Gasteiger partial charge in [0.1, 0.15) is 5.78 Å². The molecule has 0 amide bonds. The summed E-state index contributed by atoms with van der Waals surface area (Å²) in [5.74, 6) is 1.80. The Morgan fingerprint density at radius 3 is 2.50 bits per heavy atom. The Morgan fingerprint density at radius 2 is 2.20 bits per heavy atom. The standard InChI is InChI=1S/C9H14O/c1-9(2)6-3-4-8(10)7(9)5-6/h6-7H,3-5H2,1-2H3. The highest BCUT2D eigenvalue weighted by molar-refractivity contribution is 5.84. The summed E-state index contributed by atoms with van der Waals surface area (Å²) in [6, 6.07) is 0. The number of hydrogen-bond acceptors (Lipinski definition) is 1. The van der Waals surface area contributed by atoms with Crippen LogP contribution in [-0.4, -0.2) is 5.78 Å². The van der Waals surface area contributed by atoms with Crippen molar-refractivity contribution in [3.63, 3.8) is 0 Å². The second kappa shape index (κ2) is 1.63. The van der Waals surface area contributed by atoms with Gasteiger partial charge in [-0.05, 0) is 24.2 Å². The zero-order valence-corrected chi connectivity index (χ0v) is 6.68. The van der Waals surface area contributed by atoms with Crippen LogP contribution in [0.4, 0.5) is 0 Å². The first kappa shape index (κ1) is 6.38. The first-order chi connectivity index (χ1) is 4.62. The van der Waals surface area contributed by atoms with Crippen molar-refractivity contribution in [3.8, 4) is 0 Å². The predicted octanol–water partition coefficient (Wildman–Crippen LogP) is 2.01. The summed E-state index contributed by atoms with van der Waals surface area (Å²) in [4.78, 5) is 11.2. The van der Waals surface area contributed by atoms with E-state index >= 15 is 0 Å². The van der Waals surface area contributed by atoms with Gasteiger partial charge in [0.25, 0.3) is 0 Å². The van der Waals surface area contributed by atoms with Crippen LogP contribution in [0.5, 0.6) is 0 Å². The van der Waals surface area contributed by atoms with Crippen molar-refractivity contribution in [2.24, 2.45) is 17.3 Å². The summed E-state index contributed by atoms with van der Waals surface area (Å²) in [5.41, 5.74) is 0.356. The van der Waals surface area contributed by atoms with E-state index in [2.05, 4.69) is 13.8 Å². The Kier molecular flexibility index (Phi) is 1.04. The summed E-state index contributed by atoms with van der Waals surface area (Å²) in [7, 11) is 0. The van der Waals surface area contributed by atoms with E-state index in [9.17, 15) is 4.79 Å². The average Bonchev–Trinajstić information content (AvgIpc) is 1.87. The third-order valence-corrected chi connectivity index (χ3v) is 3.60. The van der Waals surface area contributed by atoms with Crippen LogP contribution in [0.1, 0.15) is 33.1 Å². The molecule has 2 bridgehead atoms. The minimum absolute atomic E-state index is 0.356. The molecule has 2 atom stereocenters. The molecule has 0 spiro atoms. The van der Waals surface area contributed by atoms with Crippen molar-refractivity contribution < 1.29 is 4.79 Å². The van der Waals surface area contributed by atoms with Crippen LogP contribution in [-0.2, 0) is 4.79 Å². The molecule has 3 aliphatic carbocycles. The number of fused-ring (bicyclic) bond motifs is 2. The highest BCUT2D eigenvalue weighted by Gasteiger charge is 2.53. The zero-order valence-electron chi connectivity index (χ0n) is 6.68. The summed E-state index contributed by atoms with van der Waals surface area (Å²) in [6.45, 7) is 4.48. The molecular weight excluding hydrogens is 124 g/mol. The van der Waals surface area contributed by atoms with Gasteiger partial charge in [-0.2, -0.15) is 0 Å². The van der Waals surface area contributed by atoms with Crippen LogP contribution in [0, 0.1) is 17.3 Å². The van der Waals surface area contributed by atoms with E-state index < -0.39 is 0 Å². The Bertz CT molecular complexity index is 179. The molecule has 3 saturated carbocycles. The number of ketones is 1. The van der Waals surface area contributed by atoms with Crippen LogP contribution in [0.3, 0.4) is 0 Å². The molecule has 1 nitrogen and oxygen atoms in total. The maximum absolute atomic E-state index is 11.2. The maximum Gasteiger partial charge on any atom is 0.136 e. The second-order valence-corrected chi connectivity index (χ2v) is 4.31. The van der Waals surface area contributed by atoms with Crippen molar-refractivity contribution in [2.75, 3.05) is 0 Å². The molecule has 2 unspecified atom stereocenters. The molecule has 0 saturated heterocycles. The van der Waals surface area contributed by atoms with Crippen molar-refractivity contribution in [2.45, 2.75) is 33.1 Å². The van der Waals surface area contributed by atoms with E-state index in [0.717, 1.165) is 18.8 Å². The maximum atomic E-state index is 11.2. The lowest BCUT2D eigenvalue weighted by Gasteiger charge is -2.55. The van der Waals surface area contributed by atoms with E-state index in [0.29, 0.717) is 17.1 Å². The third kappa shape index (κ3) is 0.561. The van der Waals surface area contributed by atoms with Gasteiger partial charge in [-0.15, -0.1) is 0 Å². The van der Waals surface area contributed by atoms with Gasteiger partial charge in [-0.1, -0.05) is 13.8 Å². The molecular formula is C9H14O. The molecule has 0 aromatic carbocycles. The topological polar surface area (TPSA) is 17.1 Å². The number of Topliss-reactive ketones (excluding diaryl/α,β-unsaturated/α-hetero) is 1. The van der Waals surface area contributed by atoms with Crippen LogP contribution in [0.15, 0.2) is 0 Å². The number of hydrogen-bond donors (Lipinski definition) is 0. The summed E-state index contributed by atoms with van der Waals surface area (Å²) >= 11 is 0. The Morgan fingerprint density at radius 1 is 1.50 bits per heavy atom. The molecule has 1 heteroatoms. The smallest absolute Gasteiger partial charge is 0.136 e. The monoisotopic (exact) mass is 138 g/mol. The molecule has 3 fully saturated rings. The van der Waals surface area contributed by atoms with E-state index in [4.69, 9.17) is 0 Å². The zero-order chi connectivity index (χ0) is 7.35. The Labute approximate surface area is 61.8 Å². The van der Waals surface area contributed by atoms with Crippen LogP contribution >= 0.6 is 0 Å². The summed E-state index contributed by atoms with van der Waals surface area (Å²) in [5, 5.41) is 0. The van der Waals surface area contributed by atoms with E-state index in [1.165, 1.54) is 6.42 Å². The van der Waals surface area contributed by atoms with Crippen molar-refractivity contribution in [1.29, 1.82) is 0 Å². The van der Waals surface area contributed by atoms with E-state index in [-0.39, 0.29) is 0 Å².